The summed E-state index contributed by atoms with van der Waals surface area (Å²) in [6.07, 6.45) is 3.27. The molecule has 0 atom stereocenters. The Hall–Kier alpha value is -2.99. The summed E-state index contributed by atoms with van der Waals surface area (Å²) in [7, 11) is 4.19. The molecule has 2 heterocycles. The molecule has 4 aromatic rings. The monoisotopic (exact) mass is 346 g/mol. The number of imidazole rings is 1. The van der Waals surface area contributed by atoms with Gasteiger partial charge in [-0.3, -0.25) is 0 Å². The predicted octanol–water partition coefficient (Wildman–Crippen LogP) is 3.15. The molecule has 0 aliphatic heterocycles. The first-order valence-corrected chi connectivity index (χ1v) is 8.69. The molecule has 4 rings (SSSR count). The first-order valence-electron chi connectivity index (χ1n) is 8.69. The van der Waals surface area contributed by atoms with Crippen molar-refractivity contribution in [3.05, 3.63) is 60.7 Å². The van der Waals surface area contributed by atoms with Crippen molar-refractivity contribution in [2.45, 2.75) is 13.5 Å². The minimum absolute atomic E-state index is 0.896. The zero-order valence-corrected chi connectivity index (χ0v) is 15.3. The summed E-state index contributed by atoms with van der Waals surface area (Å²) in [4.78, 5) is 11.1. The van der Waals surface area contributed by atoms with Crippen LogP contribution in [0.2, 0.25) is 0 Å². The Morgan fingerprint density at radius 1 is 1.08 bits per heavy atom. The molecule has 0 N–H and O–H groups in total. The Morgan fingerprint density at radius 2 is 1.92 bits per heavy atom. The van der Waals surface area contributed by atoms with Crippen LogP contribution in [0.5, 0.6) is 0 Å². The quantitative estimate of drug-likeness (QED) is 0.557. The number of aryl methyl sites for hydroxylation is 1. The first kappa shape index (κ1) is 16.5. The minimum atomic E-state index is 0.896. The molecule has 6 heteroatoms. The van der Waals surface area contributed by atoms with Gasteiger partial charge in [0.15, 0.2) is 0 Å². The molecule has 0 saturated carbocycles. The van der Waals surface area contributed by atoms with Crippen LogP contribution in [0.3, 0.4) is 0 Å². The lowest BCUT2D eigenvalue weighted by Crippen LogP contribution is -2.18. The highest BCUT2D eigenvalue weighted by Crippen LogP contribution is 2.27. The fourth-order valence-corrected chi connectivity index (χ4v) is 3.21. The van der Waals surface area contributed by atoms with Gasteiger partial charge in [-0.1, -0.05) is 12.1 Å². The zero-order valence-electron chi connectivity index (χ0n) is 15.3. The van der Waals surface area contributed by atoms with Crippen molar-refractivity contribution in [2.75, 3.05) is 20.6 Å². The van der Waals surface area contributed by atoms with Gasteiger partial charge in [-0.05, 0) is 56.9 Å². The van der Waals surface area contributed by atoms with Gasteiger partial charge in [0.2, 0.25) is 0 Å². The number of para-hydroxylation sites is 2. The van der Waals surface area contributed by atoms with E-state index >= 15 is 0 Å². The molecule has 0 aliphatic rings. The van der Waals surface area contributed by atoms with Crippen LogP contribution in [-0.2, 0) is 6.54 Å². The Morgan fingerprint density at radius 3 is 2.65 bits per heavy atom. The Kier molecular flexibility index (Phi) is 4.26. The van der Waals surface area contributed by atoms with Gasteiger partial charge in [0.1, 0.15) is 18.5 Å². The van der Waals surface area contributed by atoms with Gasteiger partial charge in [-0.2, -0.15) is 5.10 Å². The summed E-state index contributed by atoms with van der Waals surface area (Å²) in [5, 5.41) is 4.23. The smallest absolute Gasteiger partial charge is 0.141 e. The number of aromatic nitrogens is 5. The number of hydrogen-bond acceptors (Lipinski definition) is 4. The fourth-order valence-electron chi connectivity index (χ4n) is 3.21. The van der Waals surface area contributed by atoms with Crippen molar-refractivity contribution in [1.82, 2.24) is 29.2 Å². The molecule has 0 radical (unpaired) electrons. The molecule has 132 valence electrons. The molecular weight excluding hydrogens is 324 g/mol. The van der Waals surface area contributed by atoms with Crippen LogP contribution in [0, 0.1) is 6.92 Å². The third-order valence-electron chi connectivity index (χ3n) is 4.55. The normalized spacial score (nSPS) is 11.5. The average Bonchev–Trinajstić information content (AvgIpc) is 3.27. The van der Waals surface area contributed by atoms with Crippen molar-refractivity contribution in [2.24, 2.45) is 0 Å². The molecule has 2 aromatic heterocycles. The molecule has 26 heavy (non-hydrogen) atoms. The number of nitrogens with zero attached hydrogens (tertiary/aromatic N) is 6. The maximum atomic E-state index is 4.90. The van der Waals surface area contributed by atoms with Gasteiger partial charge in [-0.25, -0.2) is 14.6 Å². The minimum Gasteiger partial charge on any atom is -0.323 e. The van der Waals surface area contributed by atoms with Gasteiger partial charge in [-0.15, -0.1) is 0 Å². The van der Waals surface area contributed by atoms with E-state index in [1.165, 1.54) is 5.52 Å². The maximum absolute atomic E-state index is 4.90. The molecule has 0 saturated heterocycles. The van der Waals surface area contributed by atoms with Crippen LogP contribution in [0.15, 0.2) is 55.1 Å². The van der Waals surface area contributed by atoms with Crippen molar-refractivity contribution in [3.8, 4) is 17.1 Å². The second kappa shape index (κ2) is 6.72. The standard InChI is InChI=1S/C20H22N6/c1-15-12-16(8-9-18(15)26-14-21-13-22-26)20-23-17-6-4-5-7-19(17)25(20)11-10-24(2)3/h4-9,12-14H,10-11H2,1-3H3. The number of likely N-dealkylation sites (N-methyl/N-ethyl adjacent to an activating group) is 1. The van der Waals surface area contributed by atoms with Crippen LogP contribution in [-0.4, -0.2) is 49.9 Å². The third-order valence-corrected chi connectivity index (χ3v) is 4.55. The zero-order chi connectivity index (χ0) is 18.1. The summed E-state index contributed by atoms with van der Waals surface area (Å²) in [5.74, 6) is 1.00. The van der Waals surface area contributed by atoms with Gasteiger partial charge < -0.3 is 9.47 Å². The van der Waals surface area contributed by atoms with E-state index in [1.807, 2.05) is 6.07 Å². The first-order chi connectivity index (χ1) is 12.6. The summed E-state index contributed by atoms with van der Waals surface area (Å²) in [5.41, 5.74) is 5.48. The van der Waals surface area contributed by atoms with E-state index in [9.17, 15) is 0 Å². The van der Waals surface area contributed by atoms with Gasteiger partial charge in [0.05, 0.1) is 16.7 Å². The highest BCUT2D eigenvalue weighted by Gasteiger charge is 2.14. The maximum Gasteiger partial charge on any atom is 0.141 e. The van der Waals surface area contributed by atoms with Crippen LogP contribution in [0.4, 0.5) is 0 Å². The van der Waals surface area contributed by atoms with Gasteiger partial charge in [0.25, 0.3) is 0 Å². The van der Waals surface area contributed by atoms with Crippen LogP contribution in [0.25, 0.3) is 28.1 Å². The van der Waals surface area contributed by atoms with E-state index in [1.54, 1.807) is 17.3 Å². The van der Waals surface area contributed by atoms with Crippen LogP contribution in [0.1, 0.15) is 5.56 Å². The van der Waals surface area contributed by atoms with E-state index < -0.39 is 0 Å². The van der Waals surface area contributed by atoms with E-state index in [-0.39, 0.29) is 0 Å². The second-order valence-electron chi connectivity index (χ2n) is 6.72. The topological polar surface area (TPSA) is 51.8 Å². The van der Waals surface area contributed by atoms with E-state index in [0.29, 0.717) is 0 Å². The lowest BCUT2D eigenvalue weighted by atomic mass is 10.1. The fraction of sp³-hybridized carbons (Fsp3) is 0.250. The highest BCUT2D eigenvalue weighted by atomic mass is 15.3. The molecule has 0 unspecified atom stereocenters. The number of benzene rings is 2. The largest absolute Gasteiger partial charge is 0.323 e. The molecule has 0 fully saturated rings. The SMILES string of the molecule is Cc1cc(-c2nc3ccccc3n2CCN(C)C)ccc1-n1cncn1. The Balaban J connectivity index is 1.81. The molecule has 0 spiro atoms. The Bertz CT molecular complexity index is 1030. The van der Waals surface area contributed by atoms with E-state index in [0.717, 1.165) is 41.2 Å². The summed E-state index contributed by atoms with van der Waals surface area (Å²) >= 11 is 0. The molecule has 2 aromatic carbocycles. The van der Waals surface area contributed by atoms with Crippen molar-refractivity contribution >= 4 is 11.0 Å². The van der Waals surface area contributed by atoms with Crippen LogP contribution < -0.4 is 0 Å². The second-order valence-corrected chi connectivity index (χ2v) is 6.72. The summed E-state index contributed by atoms with van der Waals surface area (Å²) < 4.78 is 4.09. The number of hydrogen-bond donors (Lipinski definition) is 0. The van der Waals surface area contributed by atoms with Gasteiger partial charge >= 0.3 is 0 Å². The molecule has 0 bridgehead atoms. The summed E-state index contributed by atoms with van der Waals surface area (Å²) in [6, 6.07) is 14.7. The molecule has 0 amide bonds. The lowest BCUT2D eigenvalue weighted by Gasteiger charge is -2.14. The summed E-state index contributed by atoms with van der Waals surface area (Å²) in [6.45, 7) is 3.95. The van der Waals surface area contributed by atoms with E-state index in [2.05, 4.69) is 77.0 Å². The molecular formula is C20H22N6. The van der Waals surface area contributed by atoms with Crippen molar-refractivity contribution < 1.29 is 0 Å². The van der Waals surface area contributed by atoms with E-state index in [4.69, 9.17) is 4.98 Å². The Labute approximate surface area is 152 Å². The van der Waals surface area contributed by atoms with Crippen molar-refractivity contribution in [1.29, 1.82) is 0 Å². The number of rotatable bonds is 5. The van der Waals surface area contributed by atoms with Crippen molar-refractivity contribution in [3.63, 3.8) is 0 Å². The highest BCUT2D eigenvalue weighted by molar-refractivity contribution is 5.81. The molecule has 6 nitrogen and oxygen atoms in total. The predicted molar refractivity (Wildman–Crippen MR) is 103 cm³/mol. The molecule has 0 aliphatic carbocycles. The number of fused-ring (bicyclic) bond motifs is 1. The lowest BCUT2D eigenvalue weighted by molar-refractivity contribution is 0.387. The van der Waals surface area contributed by atoms with Crippen LogP contribution >= 0.6 is 0 Å². The van der Waals surface area contributed by atoms with Gasteiger partial charge in [0, 0.05) is 18.7 Å². The third kappa shape index (κ3) is 2.99. The average molecular weight is 346 g/mol.